The summed E-state index contributed by atoms with van der Waals surface area (Å²) in [5.74, 6) is -0.0683. The van der Waals surface area contributed by atoms with Crippen LogP contribution < -0.4 is 4.74 Å². The van der Waals surface area contributed by atoms with E-state index < -0.39 is 0 Å². The standard InChI is InChI=1S/C25H27FN4O/c1-4-30-15-18(16(2)28-30)14-29-12-11-20-19-7-5-6-8-22(19)27-24(20)25(29)17-9-10-21(26)23(13-17)31-3/h5-10,13,15,25,27H,4,11-12,14H2,1-3H3/t25-/m0/s1. The first-order valence-electron chi connectivity index (χ1n) is 10.8. The average molecular weight is 419 g/mol. The Kier molecular flexibility index (Phi) is 5.02. The predicted octanol–water partition coefficient (Wildman–Crippen LogP) is 4.99. The molecule has 3 heterocycles. The van der Waals surface area contributed by atoms with Crippen molar-refractivity contribution in [3.63, 3.8) is 0 Å². The number of aryl methyl sites for hydroxylation is 2. The first kappa shape index (κ1) is 19.8. The number of fused-ring (bicyclic) bond motifs is 3. The molecule has 0 saturated heterocycles. The molecule has 1 atom stereocenters. The number of hydrogen-bond acceptors (Lipinski definition) is 3. The Hall–Kier alpha value is -3.12. The molecule has 1 aliphatic heterocycles. The normalized spacial score (nSPS) is 16.6. The highest BCUT2D eigenvalue weighted by atomic mass is 19.1. The molecule has 6 heteroatoms. The number of para-hydroxylation sites is 1. The molecule has 31 heavy (non-hydrogen) atoms. The van der Waals surface area contributed by atoms with Crippen molar-refractivity contribution in [1.82, 2.24) is 19.7 Å². The second-order valence-corrected chi connectivity index (χ2v) is 8.18. The van der Waals surface area contributed by atoms with Crippen LogP contribution in [0.3, 0.4) is 0 Å². The van der Waals surface area contributed by atoms with Crippen molar-refractivity contribution in [2.75, 3.05) is 13.7 Å². The highest BCUT2D eigenvalue weighted by molar-refractivity contribution is 5.85. The van der Waals surface area contributed by atoms with Gasteiger partial charge in [-0.25, -0.2) is 4.39 Å². The molecule has 5 nitrogen and oxygen atoms in total. The van der Waals surface area contributed by atoms with E-state index in [-0.39, 0.29) is 17.6 Å². The number of aromatic amines is 1. The quantitative estimate of drug-likeness (QED) is 0.497. The molecule has 0 amide bonds. The van der Waals surface area contributed by atoms with Gasteiger partial charge in [-0.2, -0.15) is 5.10 Å². The van der Waals surface area contributed by atoms with Crippen molar-refractivity contribution in [1.29, 1.82) is 0 Å². The molecular formula is C25H27FN4O. The second kappa shape index (κ2) is 7.85. The fourth-order valence-electron chi connectivity index (χ4n) is 4.78. The first-order chi connectivity index (χ1) is 15.1. The number of hydrogen-bond donors (Lipinski definition) is 1. The average Bonchev–Trinajstić information content (AvgIpc) is 3.34. The lowest BCUT2D eigenvalue weighted by atomic mass is 9.91. The molecule has 0 spiro atoms. The van der Waals surface area contributed by atoms with E-state index in [1.807, 2.05) is 16.8 Å². The Morgan fingerprint density at radius 1 is 1.23 bits per heavy atom. The van der Waals surface area contributed by atoms with Gasteiger partial charge in [-0.05, 0) is 49.6 Å². The van der Waals surface area contributed by atoms with Crippen LogP contribution in [0.1, 0.15) is 41.0 Å². The summed E-state index contributed by atoms with van der Waals surface area (Å²) in [6, 6.07) is 13.6. The van der Waals surface area contributed by atoms with Crippen LogP contribution in [-0.2, 0) is 19.5 Å². The number of aromatic nitrogens is 3. The van der Waals surface area contributed by atoms with Crippen LogP contribution in [0.5, 0.6) is 5.75 Å². The van der Waals surface area contributed by atoms with Gasteiger partial charge in [-0.1, -0.05) is 24.3 Å². The fourth-order valence-corrected chi connectivity index (χ4v) is 4.78. The van der Waals surface area contributed by atoms with Gasteiger partial charge in [0.1, 0.15) is 0 Å². The van der Waals surface area contributed by atoms with E-state index in [0.717, 1.165) is 42.8 Å². The SMILES string of the molecule is CCn1cc(CN2CCc3c([nH]c4ccccc34)[C@@H]2c2ccc(F)c(OC)c2)c(C)n1. The van der Waals surface area contributed by atoms with E-state index in [0.29, 0.717) is 0 Å². The van der Waals surface area contributed by atoms with E-state index >= 15 is 0 Å². The van der Waals surface area contributed by atoms with Gasteiger partial charge in [-0.3, -0.25) is 9.58 Å². The monoisotopic (exact) mass is 418 g/mol. The van der Waals surface area contributed by atoms with Crippen molar-refractivity contribution < 1.29 is 9.13 Å². The minimum atomic E-state index is -0.342. The molecule has 0 saturated carbocycles. The van der Waals surface area contributed by atoms with Crippen LogP contribution in [0.15, 0.2) is 48.7 Å². The van der Waals surface area contributed by atoms with E-state index in [9.17, 15) is 4.39 Å². The van der Waals surface area contributed by atoms with Crippen LogP contribution >= 0.6 is 0 Å². The maximum absolute atomic E-state index is 14.2. The molecule has 5 rings (SSSR count). The van der Waals surface area contributed by atoms with Gasteiger partial charge >= 0.3 is 0 Å². The van der Waals surface area contributed by atoms with Gasteiger partial charge < -0.3 is 9.72 Å². The molecule has 4 aromatic rings. The maximum Gasteiger partial charge on any atom is 0.165 e. The Morgan fingerprint density at radius 3 is 2.84 bits per heavy atom. The highest BCUT2D eigenvalue weighted by Crippen LogP contribution is 2.40. The lowest BCUT2D eigenvalue weighted by Gasteiger charge is -2.36. The molecular weight excluding hydrogens is 391 g/mol. The van der Waals surface area contributed by atoms with Crippen molar-refractivity contribution in [2.24, 2.45) is 0 Å². The summed E-state index contributed by atoms with van der Waals surface area (Å²) in [5, 5.41) is 5.89. The third-order valence-corrected chi connectivity index (χ3v) is 6.37. The number of nitrogens with one attached hydrogen (secondary N) is 1. The summed E-state index contributed by atoms with van der Waals surface area (Å²) in [7, 11) is 1.51. The Labute approximate surface area is 181 Å². The summed E-state index contributed by atoms with van der Waals surface area (Å²) in [5.41, 5.74) is 6.97. The molecule has 0 bridgehead atoms. The van der Waals surface area contributed by atoms with Crippen LogP contribution in [0.4, 0.5) is 4.39 Å². The van der Waals surface area contributed by atoms with Gasteiger partial charge in [0.05, 0.1) is 18.8 Å². The van der Waals surface area contributed by atoms with Crippen molar-refractivity contribution in [2.45, 2.75) is 39.4 Å². The topological polar surface area (TPSA) is 46.1 Å². The number of halogens is 1. The van der Waals surface area contributed by atoms with Gasteiger partial charge in [0.15, 0.2) is 11.6 Å². The van der Waals surface area contributed by atoms with E-state index in [1.165, 1.54) is 35.4 Å². The Balaban J connectivity index is 1.62. The zero-order valence-corrected chi connectivity index (χ0v) is 18.2. The number of ether oxygens (including phenoxy) is 1. The predicted molar refractivity (Wildman–Crippen MR) is 120 cm³/mol. The lowest BCUT2D eigenvalue weighted by molar-refractivity contribution is 0.201. The molecule has 0 fully saturated rings. The van der Waals surface area contributed by atoms with Gasteiger partial charge in [-0.15, -0.1) is 0 Å². The summed E-state index contributed by atoms with van der Waals surface area (Å²) in [6.07, 6.45) is 3.10. The summed E-state index contributed by atoms with van der Waals surface area (Å²) < 4.78 is 21.5. The van der Waals surface area contributed by atoms with Crippen molar-refractivity contribution in [3.05, 3.63) is 82.6 Å². The Bertz CT molecular complexity index is 1240. The number of rotatable bonds is 5. The smallest absolute Gasteiger partial charge is 0.165 e. The largest absolute Gasteiger partial charge is 0.494 e. The molecule has 0 radical (unpaired) electrons. The molecule has 160 valence electrons. The van der Waals surface area contributed by atoms with Gasteiger partial charge in [0.25, 0.3) is 0 Å². The zero-order valence-electron chi connectivity index (χ0n) is 18.2. The number of methoxy groups -OCH3 is 1. The fraction of sp³-hybridized carbons (Fsp3) is 0.320. The van der Waals surface area contributed by atoms with Crippen LogP contribution in [0.2, 0.25) is 0 Å². The summed E-state index contributed by atoms with van der Waals surface area (Å²) in [6.45, 7) is 6.71. The first-order valence-corrected chi connectivity index (χ1v) is 10.8. The summed E-state index contributed by atoms with van der Waals surface area (Å²) in [4.78, 5) is 6.12. The van der Waals surface area contributed by atoms with E-state index in [4.69, 9.17) is 4.74 Å². The van der Waals surface area contributed by atoms with Crippen molar-refractivity contribution in [3.8, 4) is 5.75 Å². The van der Waals surface area contributed by atoms with E-state index in [1.54, 1.807) is 0 Å². The molecule has 0 aliphatic carbocycles. The molecule has 1 aliphatic rings. The molecule has 2 aromatic heterocycles. The van der Waals surface area contributed by atoms with Crippen LogP contribution in [0, 0.1) is 12.7 Å². The Morgan fingerprint density at radius 2 is 2.06 bits per heavy atom. The van der Waals surface area contributed by atoms with Crippen LogP contribution in [0.25, 0.3) is 10.9 Å². The minimum absolute atomic E-state index is 0.0185. The summed E-state index contributed by atoms with van der Waals surface area (Å²) >= 11 is 0. The second-order valence-electron chi connectivity index (χ2n) is 8.18. The lowest BCUT2D eigenvalue weighted by Crippen LogP contribution is -2.35. The maximum atomic E-state index is 14.2. The van der Waals surface area contributed by atoms with E-state index in [2.05, 4.69) is 59.3 Å². The number of H-pyrrole nitrogens is 1. The minimum Gasteiger partial charge on any atom is -0.494 e. The molecule has 1 N–H and O–H groups in total. The molecule has 0 unspecified atom stereocenters. The van der Waals surface area contributed by atoms with Gasteiger partial charge in [0.2, 0.25) is 0 Å². The number of benzene rings is 2. The third-order valence-electron chi connectivity index (χ3n) is 6.37. The van der Waals surface area contributed by atoms with Crippen molar-refractivity contribution >= 4 is 10.9 Å². The highest BCUT2D eigenvalue weighted by Gasteiger charge is 2.32. The number of nitrogens with zero attached hydrogens (tertiary/aromatic N) is 3. The van der Waals surface area contributed by atoms with Crippen LogP contribution in [-0.4, -0.2) is 33.3 Å². The zero-order chi connectivity index (χ0) is 21.5. The third kappa shape index (κ3) is 3.41. The molecule has 2 aromatic carbocycles. The van der Waals surface area contributed by atoms with Gasteiger partial charge in [0, 0.05) is 48.0 Å².